The van der Waals surface area contributed by atoms with E-state index in [9.17, 15) is 9.90 Å². The first-order valence-electron chi connectivity index (χ1n) is 4.59. The van der Waals surface area contributed by atoms with Crippen LogP contribution < -0.4 is 15.4 Å². The predicted molar refractivity (Wildman–Crippen MR) is 58.1 cm³/mol. The number of carboxylic acid groups (broad SMARTS) is 1. The van der Waals surface area contributed by atoms with E-state index in [4.69, 9.17) is 5.73 Å². The first-order chi connectivity index (χ1) is 7.01. The highest BCUT2D eigenvalue weighted by atomic mass is 32.1. The van der Waals surface area contributed by atoms with Crippen LogP contribution in [0.2, 0.25) is 0 Å². The van der Waals surface area contributed by atoms with E-state index in [1.807, 2.05) is 17.8 Å². The third kappa shape index (κ3) is 6.14. The van der Waals surface area contributed by atoms with Crippen molar-refractivity contribution in [2.45, 2.75) is 19.5 Å². The van der Waals surface area contributed by atoms with E-state index in [0.717, 1.165) is 6.54 Å². The van der Waals surface area contributed by atoms with Gasteiger partial charge in [-0.05, 0) is 6.92 Å². The fraction of sp³-hybridized carbons (Fsp3) is 0.556. The molecule has 0 bridgehead atoms. The molecule has 0 saturated carbocycles. The number of carbonyl (C=O) groups excluding carboxylic acids is 1. The summed E-state index contributed by atoms with van der Waals surface area (Å²) in [6, 6.07) is -0.927. The lowest BCUT2D eigenvalue weighted by Gasteiger charge is -2.06. The Balaban J connectivity index is 0.000000265. The molecule has 6 heteroatoms. The topological polar surface area (TPSA) is 75.0 Å². The van der Waals surface area contributed by atoms with Crippen molar-refractivity contribution in [3.8, 4) is 0 Å². The zero-order valence-corrected chi connectivity index (χ0v) is 9.85. The standard InChI is InChI=1S/C6H11N2.C3H7NO2S/c1-3-8-5-4-7(2)6-8;4-2(1-7)3(5)6/h4-6H,3H2,1-2H3;2,7H,1,4H2,(H,5,6)/q+1;/p-1/t;2-/m.0/s1. The third-order valence-electron chi connectivity index (χ3n) is 1.69. The number of imidazole rings is 1. The van der Waals surface area contributed by atoms with Gasteiger partial charge in [0, 0.05) is 5.75 Å². The Morgan fingerprint density at radius 3 is 2.47 bits per heavy atom. The van der Waals surface area contributed by atoms with Crippen molar-refractivity contribution < 1.29 is 14.5 Å². The summed E-state index contributed by atoms with van der Waals surface area (Å²) in [5.74, 6) is -1.13. The van der Waals surface area contributed by atoms with Gasteiger partial charge in [-0.1, -0.05) is 0 Å². The van der Waals surface area contributed by atoms with Gasteiger partial charge in [0.05, 0.1) is 25.6 Å². The monoisotopic (exact) mass is 231 g/mol. The Bertz CT molecular complexity index is 301. The van der Waals surface area contributed by atoms with Crippen molar-refractivity contribution >= 4 is 18.6 Å². The molecule has 1 aromatic heterocycles. The lowest BCUT2D eigenvalue weighted by atomic mass is 10.4. The van der Waals surface area contributed by atoms with Gasteiger partial charge in [0.15, 0.2) is 0 Å². The zero-order chi connectivity index (χ0) is 11.8. The molecule has 0 spiro atoms. The van der Waals surface area contributed by atoms with Crippen LogP contribution in [0.5, 0.6) is 0 Å². The van der Waals surface area contributed by atoms with Crippen molar-refractivity contribution in [1.29, 1.82) is 0 Å². The molecule has 0 aliphatic carbocycles. The molecular weight excluding hydrogens is 214 g/mol. The van der Waals surface area contributed by atoms with E-state index in [1.54, 1.807) is 0 Å². The number of hydrogen-bond acceptors (Lipinski definition) is 4. The molecule has 0 aliphatic heterocycles. The Kier molecular flexibility index (Phi) is 6.81. The molecule has 1 aromatic rings. The summed E-state index contributed by atoms with van der Waals surface area (Å²) in [6.45, 7) is 3.18. The number of carbonyl (C=O) groups is 1. The Labute approximate surface area is 94.9 Å². The molecule has 0 aliphatic rings. The van der Waals surface area contributed by atoms with Crippen molar-refractivity contribution in [2.24, 2.45) is 12.8 Å². The minimum Gasteiger partial charge on any atom is -0.548 e. The minimum absolute atomic E-state index is 0.127. The Hall–Kier alpha value is -1.01. The van der Waals surface area contributed by atoms with Gasteiger partial charge < -0.3 is 15.6 Å². The number of hydrogen-bond donors (Lipinski definition) is 2. The highest BCUT2D eigenvalue weighted by Crippen LogP contribution is 1.79. The van der Waals surface area contributed by atoms with Crippen LogP contribution in [0.15, 0.2) is 18.7 Å². The normalized spacial score (nSPS) is 11.5. The SMILES string of the molecule is CCn1cc[n+](C)c1.N[C@@H](CS)C(=O)[O-]. The summed E-state index contributed by atoms with van der Waals surface area (Å²) in [4.78, 5) is 9.65. The van der Waals surface area contributed by atoms with Gasteiger partial charge in [0.25, 0.3) is 0 Å². The minimum atomic E-state index is -1.25. The van der Waals surface area contributed by atoms with E-state index in [-0.39, 0.29) is 5.75 Å². The smallest absolute Gasteiger partial charge is 0.243 e. The molecule has 1 rings (SSSR count). The number of aromatic nitrogens is 2. The molecule has 2 N–H and O–H groups in total. The van der Waals surface area contributed by atoms with Crippen molar-refractivity contribution in [1.82, 2.24) is 4.57 Å². The number of thiol groups is 1. The summed E-state index contributed by atoms with van der Waals surface area (Å²) < 4.78 is 4.16. The fourth-order valence-electron chi connectivity index (χ4n) is 0.763. The van der Waals surface area contributed by atoms with Crippen molar-refractivity contribution in [3.05, 3.63) is 18.7 Å². The molecule has 5 nitrogen and oxygen atoms in total. The number of nitrogens with two attached hydrogens (primary N) is 1. The van der Waals surface area contributed by atoms with E-state index in [2.05, 4.69) is 36.6 Å². The lowest BCUT2D eigenvalue weighted by molar-refractivity contribution is -0.671. The Morgan fingerprint density at radius 1 is 1.73 bits per heavy atom. The van der Waals surface area contributed by atoms with Gasteiger partial charge in [-0.2, -0.15) is 12.6 Å². The summed E-state index contributed by atoms with van der Waals surface area (Å²) in [5, 5.41) is 9.65. The molecular formula is C9H17N3O2S. The van der Waals surface area contributed by atoms with E-state index in [1.165, 1.54) is 0 Å². The predicted octanol–water partition coefficient (Wildman–Crippen LogP) is -1.67. The molecule has 1 atom stereocenters. The van der Waals surface area contributed by atoms with Crippen LogP contribution in [0, 0.1) is 0 Å². The maximum absolute atomic E-state index is 9.65. The first kappa shape index (κ1) is 14.0. The van der Waals surface area contributed by atoms with Gasteiger partial charge >= 0.3 is 0 Å². The number of carboxylic acids is 1. The van der Waals surface area contributed by atoms with Crippen LogP contribution in [0.1, 0.15) is 6.92 Å². The second-order valence-electron chi connectivity index (χ2n) is 3.02. The Morgan fingerprint density at radius 2 is 2.33 bits per heavy atom. The maximum Gasteiger partial charge on any atom is 0.243 e. The number of rotatable bonds is 3. The van der Waals surface area contributed by atoms with Crippen molar-refractivity contribution in [3.63, 3.8) is 0 Å². The summed E-state index contributed by atoms with van der Waals surface area (Å²) in [5.41, 5.74) is 4.88. The van der Waals surface area contributed by atoms with Crippen LogP contribution in [0.4, 0.5) is 0 Å². The van der Waals surface area contributed by atoms with Crippen molar-refractivity contribution in [2.75, 3.05) is 5.75 Å². The van der Waals surface area contributed by atoms with Gasteiger partial charge in [0.1, 0.15) is 12.4 Å². The van der Waals surface area contributed by atoms with Crippen LogP contribution in [0.3, 0.4) is 0 Å². The van der Waals surface area contributed by atoms with Crippen LogP contribution in [-0.4, -0.2) is 22.3 Å². The molecule has 0 saturated heterocycles. The summed E-state index contributed by atoms with van der Waals surface area (Å²) >= 11 is 3.61. The highest BCUT2D eigenvalue weighted by molar-refractivity contribution is 7.80. The number of nitrogens with zero attached hydrogens (tertiary/aromatic N) is 2. The fourth-order valence-corrected chi connectivity index (χ4v) is 0.912. The van der Waals surface area contributed by atoms with Gasteiger partial charge in [0.2, 0.25) is 6.33 Å². The molecule has 0 radical (unpaired) electrons. The summed E-state index contributed by atoms with van der Waals surface area (Å²) in [6.07, 6.45) is 6.14. The molecule has 0 unspecified atom stereocenters. The average molecular weight is 231 g/mol. The molecule has 0 amide bonds. The first-order valence-corrected chi connectivity index (χ1v) is 5.22. The molecule has 0 aromatic carbocycles. The van der Waals surface area contributed by atoms with Crippen LogP contribution in [-0.2, 0) is 18.4 Å². The summed E-state index contributed by atoms with van der Waals surface area (Å²) in [7, 11) is 2.02. The zero-order valence-electron chi connectivity index (χ0n) is 8.96. The molecule has 0 fully saturated rings. The number of aryl methyl sites for hydroxylation is 2. The quantitative estimate of drug-likeness (QED) is 0.482. The molecule has 86 valence electrons. The van der Waals surface area contributed by atoms with Gasteiger partial charge in [-0.3, -0.25) is 0 Å². The second kappa shape index (κ2) is 7.30. The average Bonchev–Trinajstić information content (AvgIpc) is 2.63. The molecule has 1 heterocycles. The van der Waals surface area contributed by atoms with Gasteiger partial charge in [-0.15, -0.1) is 0 Å². The largest absolute Gasteiger partial charge is 0.548 e. The third-order valence-corrected chi connectivity index (χ3v) is 2.08. The van der Waals surface area contributed by atoms with E-state index < -0.39 is 12.0 Å². The second-order valence-corrected chi connectivity index (χ2v) is 3.38. The van der Waals surface area contributed by atoms with Gasteiger partial charge in [-0.25, -0.2) is 9.13 Å². The van der Waals surface area contributed by atoms with Crippen LogP contribution >= 0.6 is 12.6 Å². The molecule has 15 heavy (non-hydrogen) atoms. The highest BCUT2D eigenvalue weighted by Gasteiger charge is 1.95. The number of aliphatic carboxylic acids is 1. The lowest BCUT2D eigenvalue weighted by Crippen LogP contribution is -2.42. The maximum atomic E-state index is 9.65. The van der Waals surface area contributed by atoms with E-state index in [0.29, 0.717) is 0 Å². The van der Waals surface area contributed by atoms with Crippen LogP contribution in [0.25, 0.3) is 0 Å². The van der Waals surface area contributed by atoms with E-state index >= 15 is 0 Å².